The van der Waals surface area contributed by atoms with Gasteiger partial charge in [0.25, 0.3) is 0 Å². The van der Waals surface area contributed by atoms with Gasteiger partial charge in [-0.2, -0.15) is 0 Å². The summed E-state index contributed by atoms with van der Waals surface area (Å²) in [5.74, 6) is 7.76. The van der Waals surface area contributed by atoms with Crippen LogP contribution >= 0.6 is 22.7 Å². The van der Waals surface area contributed by atoms with Crippen molar-refractivity contribution in [3.05, 3.63) is 71.8 Å². The Morgan fingerprint density at radius 3 is 1.33 bits per heavy atom. The minimum absolute atomic E-state index is 0.755. The highest BCUT2D eigenvalue weighted by atomic mass is 32.1. The first-order chi connectivity index (χ1) is 20.7. The molecular formula is C38H38O2S2. The Bertz CT molecular complexity index is 1580. The lowest BCUT2D eigenvalue weighted by atomic mass is 10.0. The molecule has 0 spiro atoms. The molecule has 2 nitrogen and oxygen atoms in total. The number of hydrogen-bond donors (Lipinski definition) is 0. The third kappa shape index (κ3) is 6.68. The SMILES string of the molecule is C#Cc1c(-c2ccc(OCCCCCC)cc2)sc2cc3c(C#C)c(-c4ccc(OCCCCCC)cc4)sc3cc12. The van der Waals surface area contributed by atoms with Crippen LogP contribution in [0, 0.1) is 24.7 Å². The summed E-state index contributed by atoms with van der Waals surface area (Å²) in [5.41, 5.74) is 4.08. The highest BCUT2D eigenvalue weighted by Crippen LogP contribution is 2.45. The molecule has 0 N–H and O–H groups in total. The number of unbranched alkanes of at least 4 members (excludes halogenated alkanes) is 6. The minimum Gasteiger partial charge on any atom is -0.494 e. The van der Waals surface area contributed by atoms with Crippen LogP contribution in [0.2, 0.25) is 0 Å². The Kier molecular flexibility index (Phi) is 10.3. The Morgan fingerprint density at radius 1 is 0.571 bits per heavy atom. The van der Waals surface area contributed by atoms with Gasteiger partial charge in [-0.25, -0.2) is 0 Å². The van der Waals surface area contributed by atoms with E-state index in [-0.39, 0.29) is 0 Å². The highest BCUT2D eigenvalue weighted by Gasteiger charge is 2.18. The molecule has 0 aliphatic heterocycles. The van der Waals surface area contributed by atoms with Crippen molar-refractivity contribution in [2.24, 2.45) is 0 Å². The number of terminal acetylenes is 2. The lowest BCUT2D eigenvalue weighted by molar-refractivity contribution is 0.305. The molecule has 4 heteroatoms. The molecule has 0 amide bonds. The summed E-state index contributed by atoms with van der Waals surface area (Å²) in [4.78, 5) is 2.21. The molecule has 5 rings (SSSR count). The van der Waals surface area contributed by atoms with E-state index in [0.29, 0.717) is 0 Å². The number of fused-ring (bicyclic) bond motifs is 2. The summed E-state index contributed by atoms with van der Waals surface area (Å²) >= 11 is 3.45. The van der Waals surface area contributed by atoms with Crippen molar-refractivity contribution in [3.63, 3.8) is 0 Å². The molecule has 3 aromatic carbocycles. The Balaban J connectivity index is 1.39. The van der Waals surface area contributed by atoms with Crippen LogP contribution in [0.1, 0.15) is 76.3 Å². The number of hydrogen-bond acceptors (Lipinski definition) is 4. The molecule has 0 radical (unpaired) electrons. The van der Waals surface area contributed by atoms with Crippen LogP contribution in [0.5, 0.6) is 11.5 Å². The second kappa shape index (κ2) is 14.5. The summed E-state index contributed by atoms with van der Waals surface area (Å²) < 4.78 is 14.2. The van der Waals surface area contributed by atoms with Crippen LogP contribution in [-0.4, -0.2) is 13.2 Å². The van der Waals surface area contributed by atoms with Crippen molar-refractivity contribution in [3.8, 4) is 57.1 Å². The predicted molar refractivity (Wildman–Crippen MR) is 183 cm³/mol. The summed E-state index contributed by atoms with van der Waals surface area (Å²) in [5, 5.41) is 2.20. The van der Waals surface area contributed by atoms with Gasteiger partial charge in [-0.05, 0) is 84.6 Å². The van der Waals surface area contributed by atoms with Crippen molar-refractivity contribution in [2.45, 2.75) is 65.2 Å². The van der Waals surface area contributed by atoms with E-state index < -0.39 is 0 Å². The smallest absolute Gasteiger partial charge is 0.119 e. The summed E-state index contributed by atoms with van der Waals surface area (Å²) in [6.45, 7) is 5.95. The maximum Gasteiger partial charge on any atom is 0.119 e. The molecule has 42 heavy (non-hydrogen) atoms. The quantitative estimate of drug-likeness (QED) is 0.0946. The summed E-state index contributed by atoms with van der Waals surface area (Å²) in [7, 11) is 0. The average molecular weight is 591 g/mol. The van der Waals surface area contributed by atoms with Gasteiger partial charge in [-0.15, -0.1) is 35.5 Å². The van der Waals surface area contributed by atoms with Crippen LogP contribution < -0.4 is 9.47 Å². The maximum absolute atomic E-state index is 6.09. The van der Waals surface area contributed by atoms with Gasteiger partial charge in [0.1, 0.15) is 11.5 Å². The second-order valence-electron chi connectivity index (χ2n) is 10.6. The zero-order valence-corrected chi connectivity index (χ0v) is 26.3. The largest absolute Gasteiger partial charge is 0.494 e. The lowest BCUT2D eigenvalue weighted by Gasteiger charge is -2.07. The van der Waals surface area contributed by atoms with Crippen LogP contribution in [-0.2, 0) is 0 Å². The van der Waals surface area contributed by atoms with Crippen LogP contribution in [0.25, 0.3) is 41.1 Å². The Morgan fingerprint density at radius 2 is 0.976 bits per heavy atom. The summed E-state index contributed by atoms with van der Waals surface area (Å²) in [6.07, 6.45) is 21.8. The van der Waals surface area contributed by atoms with E-state index in [1.54, 1.807) is 22.7 Å². The first kappa shape index (κ1) is 29.8. The third-order valence-corrected chi connectivity index (χ3v) is 9.96. The molecule has 0 bridgehead atoms. The van der Waals surface area contributed by atoms with E-state index in [0.717, 1.165) is 89.7 Å². The normalized spacial score (nSPS) is 11.0. The fraction of sp³-hybridized carbons (Fsp3) is 0.316. The van der Waals surface area contributed by atoms with Crippen molar-refractivity contribution >= 4 is 42.8 Å². The molecule has 0 atom stereocenters. The van der Waals surface area contributed by atoms with Crippen LogP contribution in [0.4, 0.5) is 0 Å². The first-order valence-corrected chi connectivity index (χ1v) is 16.7. The van der Waals surface area contributed by atoms with Crippen LogP contribution in [0.15, 0.2) is 60.7 Å². The topological polar surface area (TPSA) is 18.5 Å². The fourth-order valence-corrected chi connectivity index (χ4v) is 7.61. The minimum atomic E-state index is 0.755. The Hall–Kier alpha value is -3.70. The molecular weight excluding hydrogens is 553 g/mol. The Labute approximate surface area is 258 Å². The fourth-order valence-electron chi connectivity index (χ4n) is 5.22. The van der Waals surface area contributed by atoms with E-state index in [9.17, 15) is 0 Å². The van der Waals surface area contributed by atoms with E-state index >= 15 is 0 Å². The maximum atomic E-state index is 6.09. The van der Waals surface area contributed by atoms with Gasteiger partial charge in [0, 0.05) is 20.2 Å². The number of thiophene rings is 2. The standard InChI is InChI=1S/C38H38O2S2/c1-5-9-11-13-23-39-29-19-15-27(16-20-29)37-31(7-3)33-25-36-34(26-35(33)41-37)32(8-4)38(42-36)28-17-21-30(22-18-28)40-24-14-12-10-6-2/h3-4,15-22,25-26H,5-6,9-14,23-24H2,1-2H3. The van der Waals surface area contributed by atoms with Gasteiger partial charge in [0.05, 0.1) is 34.1 Å². The summed E-state index contributed by atoms with van der Waals surface area (Å²) in [6, 6.07) is 21.1. The highest BCUT2D eigenvalue weighted by molar-refractivity contribution is 7.24. The van der Waals surface area contributed by atoms with Crippen LogP contribution in [0.3, 0.4) is 0 Å². The average Bonchev–Trinajstić information content (AvgIpc) is 3.57. The molecule has 0 fully saturated rings. The zero-order valence-electron chi connectivity index (χ0n) is 24.6. The third-order valence-electron chi connectivity index (χ3n) is 7.55. The van der Waals surface area contributed by atoms with Gasteiger partial charge >= 0.3 is 0 Å². The van der Waals surface area contributed by atoms with E-state index in [2.05, 4.69) is 62.1 Å². The molecule has 2 heterocycles. The molecule has 0 saturated heterocycles. The van der Waals surface area contributed by atoms with Crippen molar-refractivity contribution < 1.29 is 9.47 Å². The molecule has 2 aromatic heterocycles. The zero-order chi connectivity index (χ0) is 29.3. The van der Waals surface area contributed by atoms with Gasteiger partial charge < -0.3 is 9.47 Å². The number of ether oxygens (including phenoxy) is 2. The molecule has 214 valence electrons. The molecule has 0 aliphatic carbocycles. The van der Waals surface area contributed by atoms with Gasteiger partial charge in [0.15, 0.2) is 0 Å². The van der Waals surface area contributed by atoms with E-state index in [4.69, 9.17) is 22.3 Å². The van der Waals surface area contributed by atoms with Gasteiger partial charge in [-0.3, -0.25) is 0 Å². The molecule has 0 aliphatic rings. The monoisotopic (exact) mass is 590 g/mol. The van der Waals surface area contributed by atoms with Crippen molar-refractivity contribution in [2.75, 3.05) is 13.2 Å². The molecule has 0 unspecified atom stereocenters. The number of rotatable bonds is 14. The molecule has 0 saturated carbocycles. The number of benzene rings is 3. The van der Waals surface area contributed by atoms with E-state index in [1.165, 1.54) is 38.5 Å². The van der Waals surface area contributed by atoms with Gasteiger partial charge in [-0.1, -0.05) is 64.2 Å². The van der Waals surface area contributed by atoms with Crippen molar-refractivity contribution in [1.82, 2.24) is 0 Å². The second-order valence-corrected chi connectivity index (χ2v) is 12.7. The molecule has 5 aromatic rings. The first-order valence-electron chi connectivity index (χ1n) is 15.1. The van der Waals surface area contributed by atoms with E-state index in [1.807, 2.05) is 24.3 Å². The van der Waals surface area contributed by atoms with Crippen molar-refractivity contribution in [1.29, 1.82) is 0 Å². The predicted octanol–water partition coefficient (Wildman–Crippen LogP) is 11.3. The lowest BCUT2D eigenvalue weighted by Crippen LogP contribution is -1.96. The van der Waals surface area contributed by atoms with Gasteiger partial charge in [0.2, 0.25) is 0 Å².